The average Bonchev–Trinajstić information content (AvgIpc) is 2.96. The molecule has 4 nitrogen and oxygen atoms in total. The molecule has 98 valence electrons. The van der Waals surface area contributed by atoms with Gasteiger partial charge < -0.3 is 5.32 Å². The van der Waals surface area contributed by atoms with E-state index in [0.29, 0.717) is 9.90 Å². The van der Waals surface area contributed by atoms with Crippen LogP contribution in [-0.4, -0.2) is 8.42 Å². The number of thiophene rings is 1. The van der Waals surface area contributed by atoms with Gasteiger partial charge in [-0.1, -0.05) is 24.8 Å². The van der Waals surface area contributed by atoms with Crippen molar-refractivity contribution >= 4 is 32.7 Å². The molecule has 3 rings (SSSR count). The van der Waals surface area contributed by atoms with Crippen molar-refractivity contribution in [3.8, 4) is 0 Å². The van der Waals surface area contributed by atoms with Crippen molar-refractivity contribution in [2.24, 2.45) is 0 Å². The Balaban J connectivity index is 1.98. The van der Waals surface area contributed by atoms with Gasteiger partial charge in [-0.15, -0.1) is 11.3 Å². The van der Waals surface area contributed by atoms with Gasteiger partial charge in [-0.05, 0) is 23.1 Å². The summed E-state index contributed by atoms with van der Waals surface area (Å²) in [5.41, 5.74) is 3.28. The van der Waals surface area contributed by atoms with Gasteiger partial charge in [0.05, 0.1) is 11.4 Å². The van der Waals surface area contributed by atoms with E-state index in [1.54, 1.807) is 23.6 Å². The predicted octanol–water partition coefficient (Wildman–Crippen LogP) is 3.03. The number of allylic oxidation sites excluding steroid dienone is 1. The van der Waals surface area contributed by atoms with E-state index < -0.39 is 10.0 Å². The minimum atomic E-state index is -3.51. The molecule has 6 heteroatoms. The molecule has 0 spiro atoms. The van der Waals surface area contributed by atoms with E-state index in [2.05, 4.69) is 16.6 Å². The van der Waals surface area contributed by atoms with Gasteiger partial charge in [0.15, 0.2) is 0 Å². The molecule has 0 fully saturated rings. The number of nitrogens with one attached hydrogen (secondary N) is 2. The quantitative estimate of drug-likeness (QED) is 0.914. The summed E-state index contributed by atoms with van der Waals surface area (Å²) in [6.45, 7) is 3.87. The zero-order valence-electron chi connectivity index (χ0n) is 10.0. The van der Waals surface area contributed by atoms with Gasteiger partial charge in [0, 0.05) is 12.1 Å². The van der Waals surface area contributed by atoms with Crippen molar-refractivity contribution in [3.63, 3.8) is 0 Å². The zero-order valence-corrected chi connectivity index (χ0v) is 11.6. The Morgan fingerprint density at radius 2 is 2.11 bits per heavy atom. The van der Waals surface area contributed by atoms with Crippen LogP contribution >= 0.6 is 11.3 Å². The fourth-order valence-electron chi connectivity index (χ4n) is 2.04. The van der Waals surface area contributed by atoms with E-state index in [1.807, 2.05) is 12.1 Å². The first-order chi connectivity index (χ1) is 9.06. The summed E-state index contributed by atoms with van der Waals surface area (Å²) in [6.07, 6.45) is 0.726. The second kappa shape index (κ2) is 4.40. The van der Waals surface area contributed by atoms with Gasteiger partial charge in [0.1, 0.15) is 4.21 Å². The standard InChI is InChI=1S/C13H12N2O2S2/c1-9-8-10-4-2-5-11(13(10)14-9)15-19(16,17)12-6-3-7-18-12/h2-7,14-15H,1,8H2. The molecule has 2 heterocycles. The lowest BCUT2D eigenvalue weighted by atomic mass is 10.1. The third-order valence-electron chi connectivity index (χ3n) is 2.86. The van der Waals surface area contributed by atoms with Gasteiger partial charge in [-0.3, -0.25) is 4.72 Å². The highest BCUT2D eigenvalue weighted by atomic mass is 32.2. The lowest BCUT2D eigenvalue weighted by Crippen LogP contribution is -2.12. The second-order valence-corrected chi connectivity index (χ2v) is 7.14. The minimum Gasteiger partial charge on any atom is -0.357 e. The Labute approximate surface area is 115 Å². The number of sulfonamides is 1. The monoisotopic (exact) mass is 292 g/mol. The Morgan fingerprint density at radius 3 is 2.84 bits per heavy atom. The van der Waals surface area contributed by atoms with Crippen LogP contribution in [-0.2, 0) is 16.4 Å². The van der Waals surface area contributed by atoms with Crippen LogP contribution in [0.2, 0.25) is 0 Å². The largest absolute Gasteiger partial charge is 0.357 e. The van der Waals surface area contributed by atoms with Gasteiger partial charge in [-0.25, -0.2) is 8.42 Å². The molecule has 2 N–H and O–H groups in total. The van der Waals surface area contributed by atoms with E-state index in [-0.39, 0.29) is 0 Å². The summed E-state index contributed by atoms with van der Waals surface area (Å²) in [4.78, 5) is 0. The average molecular weight is 292 g/mol. The van der Waals surface area contributed by atoms with Crippen LogP contribution in [0.15, 0.2) is 52.2 Å². The first kappa shape index (κ1) is 12.3. The highest BCUT2D eigenvalue weighted by molar-refractivity contribution is 7.94. The highest BCUT2D eigenvalue weighted by Crippen LogP contribution is 2.35. The maximum Gasteiger partial charge on any atom is 0.271 e. The summed E-state index contributed by atoms with van der Waals surface area (Å²) < 4.78 is 27.3. The summed E-state index contributed by atoms with van der Waals surface area (Å²) in [6, 6.07) is 8.85. The summed E-state index contributed by atoms with van der Waals surface area (Å²) in [7, 11) is -3.51. The van der Waals surface area contributed by atoms with Crippen LogP contribution in [0.3, 0.4) is 0 Å². The Bertz CT molecular complexity index is 734. The fraction of sp³-hybridized carbons (Fsp3) is 0.0769. The predicted molar refractivity (Wildman–Crippen MR) is 78.0 cm³/mol. The molecule has 0 atom stereocenters. The van der Waals surface area contributed by atoms with Crippen molar-refractivity contribution in [2.45, 2.75) is 10.6 Å². The number of hydrogen-bond acceptors (Lipinski definition) is 4. The van der Waals surface area contributed by atoms with Gasteiger partial charge in [0.2, 0.25) is 0 Å². The molecule has 0 radical (unpaired) electrons. The van der Waals surface area contributed by atoms with Crippen molar-refractivity contribution in [1.29, 1.82) is 0 Å². The fourth-order valence-corrected chi connectivity index (χ4v) is 4.11. The molecule has 0 bridgehead atoms. The van der Waals surface area contributed by atoms with Crippen LogP contribution in [0.4, 0.5) is 11.4 Å². The van der Waals surface area contributed by atoms with Crippen molar-refractivity contribution in [1.82, 2.24) is 0 Å². The van der Waals surface area contributed by atoms with E-state index >= 15 is 0 Å². The molecule has 0 aliphatic carbocycles. The smallest absolute Gasteiger partial charge is 0.271 e. The minimum absolute atomic E-state index is 0.307. The van der Waals surface area contributed by atoms with E-state index in [4.69, 9.17) is 0 Å². The van der Waals surface area contributed by atoms with Crippen LogP contribution in [0.25, 0.3) is 0 Å². The summed E-state index contributed by atoms with van der Waals surface area (Å²) in [5, 5.41) is 4.86. The van der Waals surface area contributed by atoms with Crippen LogP contribution in [0, 0.1) is 0 Å². The van der Waals surface area contributed by atoms with Crippen molar-refractivity contribution < 1.29 is 8.42 Å². The molecular weight excluding hydrogens is 280 g/mol. The van der Waals surface area contributed by atoms with Crippen LogP contribution in [0.1, 0.15) is 5.56 Å². The van der Waals surface area contributed by atoms with Gasteiger partial charge in [-0.2, -0.15) is 0 Å². The number of rotatable bonds is 3. The van der Waals surface area contributed by atoms with Crippen LogP contribution < -0.4 is 10.0 Å². The molecule has 0 amide bonds. The first-order valence-corrected chi connectivity index (χ1v) is 8.05. The lowest BCUT2D eigenvalue weighted by molar-refractivity contribution is 0.603. The van der Waals surface area contributed by atoms with Crippen molar-refractivity contribution in [2.75, 3.05) is 10.0 Å². The summed E-state index contributed by atoms with van der Waals surface area (Å²) in [5.74, 6) is 0. The molecule has 1 aliphatic rings. The Morgan fingerprint density at radius 1 is 1.26 bits per heavy atom. The van der Waals surface area contributed by atoms with Crippen molar-refractivity contribution in [3.05, 3.63) is 53.6 Å². The summed E-state index contributed by atoms with van der Waals surface area (Å²) >= 11 is 1.19. The third kappa shape index (κ3) is 2.24. The Kier molecular flexibility index (Phi) is 2.83. The van der Waals surface area contributed by atoms with E-state index in [9.17, 15) is 8.42 Å². The van der Waals surface area contributed by atoms with Gasteiger partial charge >= 0.3 is 0 Å². The third-order valence-corrected chi connectivity index (χ3v) is 5.62. The molecule has 19 heavy (non-hydrogen) atoms. The molecule has 1 aromatic carbocycles. The van der Waals surface area contributed by atoms with E-state index in [1.165, 1.54) is 11.3 Å². The normalized spacial score (nSPS) is 14.0. The lowest BCUT2D eigenvalue weighted by Gasteiger charge is -2.11. The zero-order chi connectivity index (χ0) is 13.5. The molecule has 1 aliphatic heterocycles. The molecule has 2 aromatic rings. The maximum atomic E-state index is 12.2. The number of benzene rings is 1. The highest BCUT2D eigenvalue weighted by Gasteiger charge is 2.21. The van der Waals surface area contributed by atoms with E-state index in [0.717, 1.165) is 23.4 Å². The first-order valence-electron chi connectivity index (χ1n) is 5.69. The topological polar surface area (TPSA) is 58.2 Å². The Hall–Kier alpha value is -1.79. The number of anilines is 2. The van der Waals surface area contributed by atoms with Crippen LogP contribution in [0.5, 0.6) is 0 Å². The van der Waals surface area contributed by atoms with Gasteiger partial charge in [0.25, 0.3) is 10.0 Å². The molecular formula is C13H12N2O2S2. The molecule has 0 saturated carbocycles. The number of hydrogen-bond donors (Lipinski definition) is 2. The molecule has 0 saturated heterocycles. The second-order valence-electron chi connectivity index (χ2n) is 4.28. The SMILES string of the molecule is C=C1Cc2cccc(NS(=O)(=O)c3cccs3)c2N1. The number of para-hydroxylation sites is 1. The number of fused-ring (bicyclic) bond motifs is 1. The maximum absolute atomic E-state index is 12.2. The molecule has 1 aromatic heterocycles. The molecule has 0 unspecified atom stereocenters.